The first kappa shape index (κ1) is 10.5. The third kappa shape index (κ3) is 2.31. The molecule has 1 atom stereocenters. The Kier molecular flexibility index (Phi) is 2.95. The summed E-state index contributed by atoms with van der Waals surface area (Å²) in [5.74, 6) is 1.69. The van der Waals surface area contributed by atoms with Gasteiger partial charge in [-0.2, -0.15) is 0 Å². The topological polar surface area (TPSA) is 57.9 Å². The Morgan fingerprint density at radius 1 is 1.53 bits per heavy atom. The van der Waals surface area contributed by atoms with Gasteiger partial charge in [-0.05, 0) is 32.6 Å². The molecule has 0 spiro atoms. The average Bonchev–Trinajstić information content (AvgIpc) is 2.65. The van der Waals surface area contributed by atoms with E-state index in [0.717, 1.165) is 24.7 Å². The van der Waals surface area contributed by atoms with Crippen LogP contribution in [0.15, 0.2) is 6.20 Å². The molecule has 84 valence electrons. The van der Waals surface area contributed by atoms with Crippen LogP contribution in [0.5, 0.6) is 0 Å². The molecule has 0 saturated carbocycles. The number of hydrogen-bond donors (Lipinski definition) is 2. The fourth-order valence-corrected chi connectivity index (χ4v) is 2.20. The van der Waals surface area contributed by atoms with E-state index >= 15 is 0 Å². The number of hydrogen-bond acceptors (Lipinski definition) is 3. The molecule has 1 unspecified atom stereocenters. The van der Waals surface area contributed by atoms with E-state index in [1.54, 1.807) is 0 Å². The number of anilines is 1. The Bertz CT molecular complexity index is 310. The molecule has 0 aliphatic carbocycles. The Labute approximate surface area is 90.9 Å². The predicted octanol–water partition coefficient (Wildman–Crippen LogP) is 1.28. The first-order chi connectivity index (χ1) is 7.16. The molecule has 1 aliphatic heterocycles. The molecule has 1 aliphatic rings. The summed E-state index contributed by atoms with van der Waals surface area (Å²) in [6, 6.07) is 0.325. The normalized spacial score (nSPS) is 20.6. The second-order valence-electron chi connectivity index (χ2n) is 4.57. The minimum Gasteiger partial charge on any atom is -0.342 e. The maximum Gasteiger partial charge on any atom is 0.202 e. The second kappa shape index (κ2) is 4.23. The third-order valence-electron chi connectivity index (χ3n) is 3.27. The third-order valence-corrected chi connectivity index (χ3v) is 3.27. The van der Waals surface area contributed by atoms with Gasteiger partial charge in [0.05, 0.1) is 0 Å². The first-order valence-electron chi connectivity index (χ1n) is 5.69. The second-order valence-corrected chi connectivity index (χ2v) is 4.57. The van der Waals surface area contributed by atoms with Crippen molar-refractivity contribution in [1.29, 1.82) is 0 Å². The van der Waals surface area contributed by atoms with Crippen molar-refractivity contribution in [2.45, 2.75) is 32.7 Å². The van der Waals surface area contributed by atoms with E-state index in [4.69, 9.17) is 5.73 Å². The lowest BCUT2D eigenvalue weighted by Crippen LogP contribution is -2.40. The van der Waals surface area contributed by atoms with Gasteiger partial charge in [-0.1, -0.05) is 0 Å². The van der Waals surface area contributed by atoms with E-state index < -0.39 is 0 Å². The summed E-state index contributed by atoms with van der Waals surface area (Å²) in [5, 5.41) is 0. The number of nitrogens with zero attached hydrogens (tertiary/aromatic N) is 2. The van der Waals surface area contributed by atoms with Crippen LogP contribution in [0.2, 0.25) is 0 Å². The molecular weight excluding hydrogens is 188 g/mol. The van der Waals surface area contributed by atoms with Crippen LogP contribution in [-0.4, -0.2) is 29.1 Å². The van der Waals surface area contributed by atoms with Gasteiger partial charge < -0.3 is 15.6 Å². The van der Waals surface area contributed by atoms with Crippen molar-refractivity contribution in [3.63, 3.8) is 0 Å². The summed E-state index contributed by atoms with van der Waals surface area (Å²) in [7, 11) is 0. The van der Waals surface area contributed by atoms with Crippen LogP contribution in [-0.2, 0) is 0 Å². The molecule has 4 heteroatoms. The van der Waals surface area contributed by atoms with Crippen molar-refractivity contribution in [3.8, 4) is 0 Å². The highest BCUT2D eigenvalue weighted by atomic mass is 15.3. The number of rotatable bonds is 2. The van der Waals surface area contributed by atoms with Crippen LogP contribution < -0.4 is 10.6 Å². The zero-order chi connectivity index (χ0) is 10.8. The molecule has 3 N–H and O–H groups in total. The molecule has 1 saturated heterocycles. The SMILES string of the molecule is Cc1cnc(N2CCC(C(C)N)CC2)[nH]1. The van der Waals surface area contributed by atoms with Crippen LogP contribution in [0.25, 0.3) is 0 Å². The van der Waals surface area contributed by atoms with Crippen LogP contribution in [0, 0.1) is 12.8 Å². The van der Waals surface area contributed by atoms with Crippen LogP contribution in [0.4, 0.5) is 5.95 Å². The Morgan fingerprint density at radius 2 is 2.20 bits per heavy atom. The molecule has 1 aromatic rings. The summed E-state index contributed by atoms with van der Waals surface area (Å²) in [4.78, 5) is 9.93. The molecule has 2 rings (SSSR count). The molecule has 0 bridgehead atoms. The van der Waals surface area contributed by atoms with E-state index in [0.29, 0.717) is 12.0 Å². The largest absolute Gasteiger partial charge is 0.342 e. The lowest BCUT2D eigenvalue weighted by molar-refractivity contribution is 0.352. The lowest BCUT2D eigenvalue weighted by Gasteiger charge is -2.33. The van der Waals surface area contributed by atoms with Crippen LogP contribution >= 0.6 is 0 Å². The minimum absolute atomic E-state index is 0.325. The van der Waals surface area contributed by atoms with Gasteiger partial charge in [0.25, 0.3) is 0 Å². The molecular formula is C11H20N4. The zero-order valence-corrected chi connectivity index (χ0v) is 9.53. The summed E-state index contributed by atoms with van der Waals surface area (Å²) in [6.45, 7) is 6.28. The molecule has 15 heavy (non-hydrogen) atoms. The van der Waals surface area contributed by atoms with E-state index in [1.807, 2.05) is 13.1 Å². The quantitative estimate of drug-likeness (QED) is 0.769. The van der Waals surface area contributed by atoms with Gasteiger partial charge in [0, 0.05) is 31.0 Å². The summed E-state index contributed by atoms with van der Waals surface area (Å²) >= 11 is 0. The fourth-order valence-electron chi connectivity index (χ4n) is 2.20. The maximum atomic E-state index is 5.91. The lowest BCUT2D eigenvalue weighted by atomic mass is 9.91. The predicted molar refractivity (Wildman–Crippen MR) is 61.9 cm³/mol. The van der Waals surface area contributed by atoms with Crippen molar-refractivity contribution in [3.05, 3.63) is 11.9 Å². The maximum absolute atomic E-state index is 5.91. The van der Waals surface area contributed by atoms with E-state index in [2.05, 4.69) is 21.8 Å². The monoisotopic (exact) mass is 208 g/mol. The van der Waals surface area contributed by atoms with Gasteiger partial charge in [-0.15, -0.1) is 0 Å². The number of aromatic amines is 1. The molecule has 0 radical (unpaired) electrons. The van der Waals surface area contributed by atoms with Crippen molar-refractivity contribution in [2.24, 2.45) is 11.7 Å². The van der Waals surface area contributed by atoms with Crippen molar-refractivity contribution in [2.75, 3.05) is 18.0 Å². The number of nitrogens with two attached hydrogens (primary N) is 1. The van der Waals surface area contributed by atoms with E-state index in [1.165, 1.54) is 12.8 Å². The Balaban J connectivity index is 1.93. The number of nitrogens with one attached hydrogen (secondary N) is 1. The molecule has 2 heterocycles. The van der Waals surface area contributed by atoms with Gasteiger partial charge in [-0.3, -0.25) is 0 Å². The first-order valence-corrected chi connectivity index (χ1v) is 5.69. The van der Waals surface area contributed by atoms with Gasteiger partial charge in [0.2, 0.25) is 5.95 Å². The smallest absolute Gasteiger partial charge is 0.202 e. The number of aryl methyl sites for hydroxylation is 1. The highest BCUT2D eigenvalue weighted by molar-refractivity contribution is 5.31. The van der Waals surface area contributed by atoms with Crippen molar-refractivity contribution in [1.82, 2.24) is 9.97 Å². The number of piperidine rings is 1. The molecule has 0 aromatic carbocycles. The molecule has 1 fully saturated rings. The summed E-state index contributed by atoms with van der Waals surface area (Å²) in [5.41, 5.74) is 7.04. The number of aromatic nitrogens is 2. The average molecular weight is 208 g/mol. The Morgan fingerprint density at radius 3 is 2.67 bits per heavy atom. The van der Waals surface area contributed by atoms with Crippen LogP contribution in [0.3, 0.4) is 0 Å². The van der Waals surface area contributed by atoms with Gasteiger partial charge in [-0.25, -0.2) is 4.98 Å². The summed E-state index contributed by atoms with van der Waals surface area (Å²) < 4.78 is 0. The number of imidazole rings is 1. The van der Waals surface area contributed by atoms with Gasteiger partial charge >= 0.3 is 0 Å². The number of H-pyrrole nitrogens is 1. The zero-order valence-electron chi connectivity index (χ0n) is 9.53. The van der Waals surface area contributed by atoms with Crippen molar-refractivity contribution < 1.29 is 0 Å². The van der Waals surface area contributed by atoms with E-state index in [-0.39, 0.29) is 0 Å². The van der Waals surface area contributed by atoms with Gasteiger partial charge in [0.1, 0.15) is 0 Å². The van der Waals surface area contributed by atoms with Crippen molar-refractivity contribution >= 4 is 5.95 Å². The minimum atomic E-state index is 0.325. The highest BCUT2D eigenvalue weighted by Crippen LogP contribution is 2.22. The standard InChI is InChI=1S/C11H20N4/c1-8-7-13-11(14-8)15-5-3-10(4-6-15)9(2)12/h7,9-10H,3-6,12H2,1-2H3,(H,13,14). The van der Waals surface area contributed by atoms with E-state index in [9.17, 15) is 0 Å². The Hall–Kier alpha value is -1.03. The fraction of sp³-hybridized carbons (Fsp3) is 0.727. The van der Waals surface area contributed by atoms with Gasteiger partial charge in [0.15, 0.2) is 0 Å². The highest BCUT2D eigenvalue weighted by Gasteiger charge is 2.22. The molecule has 4 nitrogen and oxygen atoms in total. The summed E-state index contributed by atoms with van der Waals surface area (Å²) in [6.07, 6.45) is 4.24. The molecule has 1 aromatic heterocycles. The molecule has 0 amide bonds. The van der Waals surface area contributed by atoms with Crippen LogP contribution in [0.1, 0.15) is 25.5 Å².